The van der Waals surface area contributed by atoms with Gasteiger partial charge in [-0.15, -0.1) is 10.2 Å². The van der Waals surface area contributed by atoms with Gasteiger partial charge < -0.3 is 9.73 Å². The number of likely N-dealkylation sites (N-methyl/N-ethyl adjacent to an activating group) is 1. The lowest BCUT2D eigenvalue weighted by Crippen LogP contribution is -2.16. The largest absolute Gasteiger partial charge is 0.421 e. The van der Waals surface area contributed by atoms with Crippen LogP contribution in [0.4, 0.5) is 0 Å². The van der Waals surface area contributed by atoms with Gasteiger partial charge in [-0.05, 0) is 29.7 Å². The van der Waals surface area contributed by atoms with Crippen LogP contribution in [0.2, 0.25) is 0 Å². The zero-order valence-corrected chi connectivity index (χ0v) is 12.7. The van der Waals surface area contributed by atoms with Crippen LogP contribution < -0.4 is 5.32 Å². The molecular weight excluding hydrogens is 250 g/mol. The van der Waals surface area contributed by atoms with E-state index in [-0.39, 0.29) is 5.41 Å². The molecule has 0 unspecified atom stereocenters. The summed E-state index contributed by atoms with van der Waals surface area (Å²) < 4.78 is 5.68. The van der Waals surface area contributed by atoms with Crippen molar-refractivity contribution in [2.45, 2.75) is 39.5 Å². The van der Waals surface area contributed by atoms with E-state index in [0.29, 0.717) is 11.8 Å². The molecule has 0 aliphatic rings. The zero-order valence-electron chi connectivity index (χ0n) is 12.7. The first kappa shape index (κ1) is 14.7. The molecule has 0 spiro atoms. The van der Waals surface area contributed by atoms with Gasteiger partial charge in [-0.3, -0.25) is 0 Å². The van der Waals surface area contributed by atoms with Crippen LogP contribution in [0.1, 0.15) is 39.1 Å². The molecule has 1 aromatic carbocycles. The molecule has 0 saturated carbocycles. The van der Waals surface area contributed by atoms with E-state index in [0.717, 1.165) is 25.1 Å². The van der Waals surface area contributed by atoms with Crippen molar-refractivity contribution in [3.63, 3.8) is 0 Å². The predicted octanol–water partition coefficient (Wildman–Crippen LogP) is 3.19. The molecule has 108 valence electrons. The second kappa shape index (κ2) is 6.18. The summed E-state index contributed by atoms with van der Waals surface area (Å²) in [5.74, 6) is 1.28. The van der Waals surface area contributed by atoms with E-state index in [4.69, 9.17) is 4.42 Å². The Labute approximate surface area is 120 Å². The van der Waals surface area contributed by atoms with Crippen molar-refractivity contribution in [2.75, 3.05) is 13.1 Å². The number of nitrogens with zero attached hydrogens (tertiary/aromatic N) is 2. The first-order valence-electron chi connectivity index (χ1n) is 7.14. The molecule has 1 heterocycles. The van der Waals surface area contributed by atoms with Crippen molar-refractivity contribution in [3.05, 3.63) is 35.7 Å². The predicted molar refractivity (Wildman–Crippen MR) is 80.7 cm³/mol. The average molecular weight is 273 g/mol. The van der Waals surface area contributed by atoms with Gasteiger partial charge in [-0.25, -0.2) is 0 Å². The van der Waals surface area contributed by atoms with Crippen LogP contribution in [0, 0.1) is 0 Å². The minimum absolute atomic E-state index is 0.157. The van der Waals surface area contributed by atoms with Crippen molar-refractivity contribution >= 4 is 0 Å². The second-order valence-corrected chi connectivity index (χ2v) is 5.93. The summed E-state index contributed by atoms with van der Waals surface area (Å²) >= 11 is 0. The highest BCUT2D eigenvalue weighted by Gasteiger charge is 2.14. The SMILES string of the molecule is CCNCCc1nnc(-c2ccc(C(C)(C)C)cc2)o1. The molecule has 0 radical (unpaired) electrons. The van der Waals surface area contributed by atoms with Crippen molar-refractivity contribution in [1.82, 2.24) is 15.5 Å². The maximum absolute atomic E-state index is 5.68. The minimum atomic E-state index is 0.157. The Hall–Kier alpha value is -1.68. The highest BCUT2D eigenvalue weighted by Crippen LogP contribution is 2.25. The fraction of sp³-hybridized carbons (Fsp3) is 0.500. The molecular formula is C16H23N3O. The fourth-order valence-electron chi connectivity index (χ4n) is 1.96. The lowest BCUT2D eigenvalue weighted by molar-refractivity contribution is 0.496. The van der Waals surface area contributed by atoms with Gasteiger partial charge in [0.15, 0.2) is 0 Å². The maximum Gasteiger partial charge on any atom is 0.247 e. The molecule has 4 nitrogen and oxygen atoms in total. The van der Waals surface area contributed by atoms with Gasteiger partial charge in [-0.1, -0.05) is 39.8 Å². The van der Waals surface area contributed by atoms with Crippen molar-refractivity contribution in [2.24, 2.45) is 0 Å². The van der Waals surface area contributed by atoms with E-state index in [1.807, 2.05) is 12.1 Å². The third-order valence-electron chi connectivity index (χ3n) is 3.23. The Morgan fingerprint density at radius 3 is 2.40 bits per heavy atom. The lowest BCUT2D eigenvalue weighted by Gasteiger charge is -2.18. The number of hydrogen-bond acceptors (Lipinski definition) is 4. The molecule has 0 atom stereocenters. The van der Waals surface area contributed by atoms with E-state index in [2.05, 4.69) is 55.3 Å². The summed E-state index contributed by atoms with van der Waals surface area (Å²) in [6, 6.07) is 8.33. The summed E-state index contributed by atoms with van der Waals surface area (Å²) in [6.07, 6.45) is 0.765. The quantitative estimate of drug-likeness (QED) is 0.850. The second-order valence-electron chi connectivity index (χ2n) is 5.93. The zero-order chi connectivity index (χ0) is 14.6. The Bertz CT molecular complexity index is 538. The normalized spacial score (nSPS) is 11.8. The molecule has 0 aliphatic carbocycles. The van der Waals surface area contributed by atoms with E-state index >= 15 is 0 Å². The number of rotatable bonds is 5. The molecule has 0 bridgehead atoms. The van der Waals surface area contributed by atoms with Crippen LogP contribution in [0.25, 0.3) is 11.5 Å². The number of hydrogen-bond donors (Lipinski definition) is 1. The molecule has 2 rings (SSSR count). The maximum atomic E-state index is 5.68. The molecule has 1 N–H and O–H groups in total. The number of benzene rings is 1. The van der Waals surface area contributed by atoms with Crippen LogP contribution in [0.15, 0.2) is 28.7 Å². The van der Waals surface area contributed by atoms with Gasteiger partial charge in [-0.2, -0.15) is 0 Å². The molecule has 0 saturated heterocycles. The molecule has 4 heteroatoms. The Balaban J connectivity index is 2.08. The van der Waals surface area contributed by atoms with E-state index < -0.39 is 0 Å². The molecule has 20 heavy (non-hydrogen) atoms. The highest BCUT2D eigenvalue weighted by molar-refractivity contribution is 5.53. The van der Waals surface area contributed by atoms with Crippen LogP contribution in [-0.4, -0.2) is 23.3 Å². The summed E-state index contributed by atoms with van der Waals surface area (Å²) in [6.45, 7) is 10.5. The van der Waals surface area contributed by atoms with Crippen LogP contribution in [0.3, 0.4) is 0 Å². The van der Waals surface area contributed by atoms with E-state index in [1.54, 1.807) is 0 Å². The first-order valence-corrected chi connectivity index (χ1v) is 7.14. The minimum Gasteiger partial charge on any atom is -0.421 e. The Morgan fingerprint density at radius 2 is 1.80 bits per heavy atom. The molecule has 0 aliphatic heterocycles. The first-order chi connectivity index (χ1) is 9.50. The van der Waals surface area contributed by atoms with E-state index in [1.165, 1.54) is 5.56 Å². The summed E-state index contributed by atoms with van der Waals surface area (Å²) in [4.78, 5) is 0. The molecule has 0 fully saturated rings. The molecule has 1 aromatic heterocycles. The third-order valence-corrected chi connectivity index (χ3v) is 3.23. The fourth-order valence-corrected chi connectivity index (χ4v) is 1.96. The van der Waals surface area contributed by atoms with Crippen molar-refractivity contribution < 1.29 is 4.42 Å². The summed E-state index contributed by atoms with van der Waals surface area (Å²) in [5.41, 5.74) is 2.43. The van der Waals surface area contributed by atoms with Crippen LogP contribution >= 0.6 is 0 Å². The lowest BCUT2D eigenvalue weighted by atomic mass is 9.87. The van der Waals surface area contributed by atoms with Crippen molar-refractivity contribution in [3.8, 4) is 11.5 Å². The Kier molecular flexibility index (Phi) is 4.55. The van der Waals surface area contributed by atoms with Crippen LogP contribution in [-0.2, 0) is 11.8 Å². The van der Waals surface area contributed by atoms with Gasteiger partial charge >= 0.3 is 0 Å². The van der Waals surface area contributed by atoms with Crippen LogP contribution in [0.5, 0.6) is 0 Å². The number of nitrogens with one attached hydrogen (secondary N) is 1. The van der Waals surface area contributed by atoms with E-state index in [9.17, 15) is 0 Å². The standard InChI is InChI=1S/C16H23N3O/c1-5-17-11-10-14-18-19-15(20-14)12-6-8-13(9-7-12)16(2,3)4/h6-9,17H,5,10-11H2,1-4H3. The average Bonchev–Trinajstić information content (AvgIpc) is 2.87. The smallest absolute Gasteiger partial charge is 0.247 e. The van der Waals surface area contributed by atoms with Gasteiger partial charge in [0, 0.05) is 18.5 Å². The molecule has 2 aromatic rings. The summed E-state index contributed by atoms with van der Waals surface area (Å²) in [5, 5.41) is 11.4. The molecule has 0 amide bonds. The number of aromatic nitrogens is 2. The monoisotopic (exact) mass is 273 g/mol. The summed E-state index contributed by atoms with van der Waals surface area (Å²) in [7, 11) is 0. The van der Waals surface area contributed by atoms with Gasteiger partial charge in [0.1, 0.15) is 0 Å². The van der Waals surface area contributed by atoms with Gasteiger partial charge in [0.25, 0.3) is 0 Å². The topological polar surface area (TPSA) is 51.0 Å². The van der Waals surface area contributed by atoms with Crippen molar-refractivity contribution in [1.29, 1.82) is 0 Å². The Morgan fingerprint density at radius 1 is 1.10 bits per heavy atom. The van der Waals surface area contributed by atoms with Gasteiger partial charge in [0.05, 0.1) is 0 Å². The van der Waals surface area contributed by atoms with Gasteiger partial charge in [0.2, 0.25) is 11.8 Å². The third kappa shape index (κ3) is 3.67. The highest BCUT2D eigenvalue weighted by atomic mass is 16.4.